The molecule has 0 spiro atoms. The third-order valence-electron chi connectivity index (χ3n) is 4.82. The summed E-state index contributed by atoms with van der Waals surface area (Å²) >= 11 is 0. The first-order chi connectivity index (χ1) is 15.6. The Hall–Kier alpha value is -4.06. The van der Waals surface area contributed by atoms with Crippen molar-refractivity contribution < 1.29 is 9.84 Å². The zero-order chi connectivity index (χ0) is 22.5. The fourth-order valence-corrected chi connectivity index (χ4v) is 3.27. The standard InChI is InChI=1S/C24H22N6O2/c1-16-28-20(18-6-4-3-5-7-18)11-24(29-16)32-23-10-17(12-25)8-9-21(23)30-15-19(13-27-30)22(31)14-26-2/h3-11,13,15,22,26,31H,14H2,1-2H3/t22-/m0/s1. The number of rotatable bonds is 7. The number of nitrogens with one attached hydrogen (secondary N) is 1. The summed E-state index contributed by atoms with van der Waals surface area (Å²) in [7, 11) is 1.77. The van der Waals surface area contributed by atoms with Crippen molar-refractivity contribution in [2.24, 2.45) is 0 Å². The predicted octanol–water partition coefficient (Wildman–Crippen LogP) is 3.55. The average Bonchev–Trinajstić information content (AvgIpc) is 3.29. The summed E-state index contributed by atoms with van der Waals surface area (Å²) in [6.45, 7) is 2.21. The molecule has 2 N–H and O–H groups in total. The van der Waals surface area contributed by atoms with Gasteiger partial charge in [0.15, 0.2) is 5.75 Å². The number of ether oxygens (including phenoxy) is 1. The highest BCUT2D eigenvalue weighted by atomic mass is 16.5. The molecule has 4 aromatic rings. The molecule has 0 saturated heterocycles. The molecule has 0 bridgehead atoms. The van der Waals surface area contributed by atoms with Gasteiger partial charge in [-0.05, 0) is 26.1 Å². The van der Waals surface area contributed by atoms with E-state index in [1.807, 2.05) is 30.3 Å². The second kappa shape index (κ2) is 9.39. The van der Waals surface area contributed by atoms with Crippen LogP contribution in [-0.4, -0.2) is 38.4 Å². The maximum absolute atomic E-state index is 10.2. The van der Waals surface area contributed by atoms with Gasteiger partial charge in [-0.3, -0.25) is 0 Å². The number of hydrogen-bond acceptors (Lipinski definition) is 7. The highest BCUT2D eigenvalue weighted by Crippen LogP contribution is 2.30. The van der Waals surface area contributed by atoms with E-state index in [-0.39, 0.29) is 0 Å². The first kappa shape index (κ1) is 21.2. The monoisotopic (exact) mass is 426 g/mol. The molecular weight excluding hydrogens is 404 g/mol. The molecule has 0 radical (unpaired) electrons. The number of aryl methyl sites for hydroxylation is 1. The maximum Gasteiger partial charge on any atom is 0.223 e. The molecule has 0 saturated carbocycles. The smallest absolute Gasteiger partial charge is 0.223 e. The van der Waals surface area contributed by atoms with E-state index < -0.39 is 6.10 Å². The van der Waals surface area contributed by atoms with Crippen LogP contribution in [0.2, 0.25) is 0 Å². The third kappa shape index (κ3) is 4.64. The lowest BCUT2D eigenvalue weighted by atomic mass is 10.1. The lowest BCUT2D eigenvalue weighted by molar-refractivity contribution is 0.178. The van der Waals surface area contributed by atoms with Gasteiger partial charge in [-0.25, -0.2) is 9.67 Å². The van der Waals surface area contributed by atoms with E-state index in [1.54, 1.807) is 55.3 Å². The van der Waals surface area contributed by atoms with Gasteiger partial charge >= 0.3 is 0 Å². The molecule has 0 fully saturated rings. The lowest BCUT2D eigenvalue weighted by Gasteiger charge is -2.12. The maximum atomic E-state index is 10.2. The molecule has 2 aromatic heterocycles. The Morgan fingerprint density at radius 1 is 1.16 bits per heavy atom. The topological polar surface area (TPSA) is 109 Å². The second-order valence-electron chi connectivity index (χ2n) is 7.19. The number of aromatic nitrogens is 4. The fourth-order valence-electron chi connectivity index (χ4n) is 3.27. The van der Waals surface area contributed by atoms with Gasteiger partial charge in [-0.2, -0.15) is 15.3 Å². The first-order valence-corrected chi connectivity index (χ1v) is 10.1. The molecule has 0 aliphatic rings. The van der Waals surface area contributed by atoms with E-state index in [4.69, 9.17) is 4.74 Å². The molecular formula is C24H22N6O2. The molecule has 2 heterocycles. The minimum absolute atomic E-state index is 0.357. The lowest BCUT2D eigenvalue weighted by Crippen LogP contribution is -2.16. The van der Waals surface area contributed by atoms with E-state index in [0.29, 0.717) is 40.8 Å². The van der Waals surface area contributed by atoms with Crippen molar-refractivity contribution in [3.05, 3.63) is 83.9 Å². The van der Waals surface area contributed by atoms with Gasteiger partial charge in [0, 0.05) is 36.0 Å². The molecule has 0 unspecified atom stereocenters. The second-order valence-corrected chi connectivity index (χ2v) is 7.19. The molecule has 8 nitrogen and oxygen atoms in total. The van der Waals surface area contributed by atoms with Crippen molar-refractivity contribution >= 4 is 0 Å². The summed E-state index contributed by atoms with van der Waals surface area (Å²) in [4.78, 5) is 8.91. The van der Waals surface area contributed by atoms with Gasteiger partial charge in [0.25, 0.3) is 0 Å². The summed E-state index contributed by atoms with van der Waals surface area (Å²) in [5.74, 6) is 1.34. The summed E-state index contributed by atoms with van der Waals surface area (Å²) in [5, 5.41) is 26.9. The summed E-state index contributed by atoms with van der Waals surface area (Å²) in [6.07, 6.45) is 2.65. The van der Waals surface area contributed by atoms with Crippen LogP contribution in [0.3, 0.4) is 0 Å². The van der Waals surface area contributed by atoms with Crippen molar-refractivity contribution in [2.45, 2.75) is 13.0 Å². The summed E-state index contributed by atoms with van der Waals surface area (Å²) < 4.78 is 7.74. The van der Waals surface area contributed by atoms with Crippen LogP contribution in [-0.2, 0) is 0 Å². The average molecular weight is 426 g/mol. The Labute approximate surface area is 185 Å². The number of nitriles is 1. The van der Waals surface area contributed by atoms with Crippen LogP contribution in [0.15, 0.2) is 67.0 Å². The quantitative estimate of drug-likeness (QED) is 0.465. The van der Waals surface area contributed by atoms with Gasteiger partial charge in [-0.15, -0.1) is 0 Å². The molecule has 4 rings (SSSR count). The third-order valence-corrected chi connectivity index (χ3v) is 4.82. The van der Waals surface area contributed by atoms with Crippen molar-refractivity contribution in [2.75, 3.05) is 13.6 Å². The zero-order valence-electron chi connectivity index (χ0n) is 17.7. The van der Waals surface area contributed by atoms with Crippen LogP contribution in [0.4, 0.5) is 0 Å². The first-order valence-electron chi connectivity index (χ1n) is 10.1. The summed E-state index contributed by atoms with van der Waals surface area (Å²) in [6, 6.07) is 18.7. The Bertz CT molecular complexity index is 1260. The zero-order valence-corrected chi connectivity index (χ0v) is 17.7. The van der Waals surface area contributed by atoms with Crippen LogP contribution in [0.5, 0.6) is 11.6 Å². The molecule has 0 amide bonds. The van der Waals surface area contributed by atoms with Crippen molar-refractivity contribution in [1.82, 2.24) is 25.1 Å². The normalized spacial score (nSPS) is 11.7. The fraction of sp³-hybridized carbons (Fsp3) is 0.167. The van der Waals surface area contributed by atoms with Crippen molar-refractivity contribution in [1.29, 1.82) is 5.26 Å². The Balaban J connectivity index is 1.72. The molecule has 160 valence electrons. The van der Waals surface area contributed by atoms with Gasteiger partial charge < -0.3 is 15.2 Å². The highest BCUT2D eigenvalue weighted by molar-refractivity contribution is 5.60. The van der Waals surface area contributed by atoms with E-state index in [2.05, 4.69) is 26.5 Å². The molecule has 0 aliphatic heterocycles. The van der Waals surface area contributed by atoms with Crippen molar-refractivity contribution in [3.8, 4) is 34.6 Å². The molecule has 1 atom stereocenters. The van der Waals surface area contributed by atoms with Crippen LogP contribution in [0, 0.1) is 18.3 Å². The van der Waals surface area contributed by atoms with Gasteiger partial charge in [0.1, 0.15) is 11.5 Å². The minimum Gasteiger partial charge on any atom is -0.437 e. The summed E-state index contributed by atoms with van der Waals surface area (Å²) in [5.41, 5.74) is 3.41. The van der Waals surface area contributed by atoms with Crippen LogP contribution >= 0.6 is 0 Å². The van der Waals surface area contributed by atoms with Gasteiger partial charge in [0.2, 0.25) is 5.88 Å². The van der Waals surface area contributed by atoms with Crippen molar-refractivity contribution in [3.63, 3.8) is 0 Å². The molecule has 8 heteroatoms. The van der Waals surface area contributed by atoms with E-state index in [9.17, 15) is 10.4 Å². The van der Waals surface area contributed by atoms with E-state index in [1.165, 1.54) is 0 Å². The Morgan fingerprint density at radius 3 is 2.72 bits per heavy atom. The highest BCUT2D eigenvalue weighted by Gasteiger charge is 2.15. The van der Waals surface area contributed by atoms with Gasteiger partial charge in [0.05, 0.1) is 29.6 Å². The number of aliphatic hydroxyl groups excluding tert-OH is 1. The van der Waals surface area contributed by atoms with Crippen LogP contribution in [0.25, 0.3) is 16.9 Å². The molecule has 32 heavy (non-hydrogen) atoms. The van der Waals surface area contributed by atoms with E-state index >= 15 is 0 Å². The van der Waals surface area contributed by atoms with Crippen LogP contribution < -0.4 is 10.1 Å². The molecule has 2 aromatic carbocycles. The SMILES string of the molecule is CNC[C@H](O)c1cnn(-c2ccc(C#N)cc2Oc2cc(-c3ccccc3)nc(C)n2)c1. The number of nitrogens with zero attached hydrogens (tertiary/aromatic N) is 5. The minimum atomic E-state index is -0.686. The number of hydrogen-bond donors (Lipinski definition) is 2. The largest absolute Gasteiger partial charge is 0.437 e. The Morgan fingerprint density at radius 2 is 1.97 bits per heavy atom. The Kier molecular flexibility index (Phi) is 6.22. The van der Waals surface area contributed by atoms with Gasteiger partial charge in [-0.1, -0.05) is 30.3 Å². The van der Waals surface area contributed by atoms with Crippen LogP contribution in [0.1, 0.15) is 23.1 Å². The molecule has 0 aliphatic carbocycles. The number of benzene rings is 2. The number of likely N-dealkylation sites (N-methyl/N-ethyl adjacent to an activating group) is 1. The number of aliphatic hydroxyl groups is 1. The van der Waals surface area contributed by atoms with E-state index in [0.717, 1.165) is 11.3 Å². The predicted molar refractivity (Wildman–Crippen MR) is 119 cm³/mol.